The predicted molar refractivity (Wildman–Crippen MR) is 95.1 cm³/mol. The Balaban J connectivity index is 1.57. The van der Waals surface area contributed by atoms with E-state index in [1.807, 2.05) is 12.1 Å². The van der Waals surface area contributed by atoms with Crippen molar-refractivity contribution in [2.45, 2.75) is 25.3 Å². The molecule has 0 bridgehead atoms. The Hall–Kier alpha value is -2.85. The lowest BCUT2D eigenvalue weighted by Gasteiger charge is -2.22. The minimum atomic E-state index is -0.913. The van der Waals surface area contributed by atoms with Gasteiger partial charge in [-0.15, -0.1) is 0 Å². The van der Waals surface area contributed by atoms with Crippen LogP contribution in [0.2, 0.25) is 5.15 Å². The lowest BCUT2D eigenvalue weighted by molar-refractivity contribution is -0.144. The molecule has 134 valence electrons. The number of pyridine rings is 1. The van der Waals surface area contributed by atoms with Crippen LogP contribution in [-0.2, 0) is 14.3 Å². The summed E-state index contributed by atoms with van der Waals surface area (Å²) in [4.78, 5) is 27.9. The number of fused-ring (bicyclic) bond motifs is 1. The summed E-state index contributed by atoms with van der Waals surface area (Å²) in [6.45, 7) is 1.23. The Kier molecular flexibility index (Phi) is 4.96. The molecule has 1 amide bonds. The number of rotatable bonds is 6. The van der Waals surface area contributed by atoms with Crippen LogP contribution in [0.15, 0.2) is 30.5 Å². The third-order valence-corrected chi connectivity index (χ3v) is 4.55. The molecule has 0 aromatic carbocycles. The van der Waals surface area contributed by atoms with Gasteiger partial charge in [0.25, 0.3) is 5.91 Å². The molecule has 8 heteroatoms. The van der Waals surface area contributed by atoms with Crippen molar-refractivity contribution < 1.29 is 14.3 Å². The van der Waals surface area contributed by atoms with E-state index < -0.39 is 24.0 Å². The first-order valence-electron chi connectivity index (χ1n) is 8.12. The number of imidazole rings is 1. The molecule has 0 spiro atoms. The molecule has 1 N–H and O–H groups in total. The zero-order valence-electron chi connectivity index (χ0n) is 14.1. The molecule has 0 unspecified atom stereocenters. The Bertz CT molecular complexity index is 926. The van der Waals surface area contributed by atoms with E-state index in [2.05, 4.69) is 16.4 Å². The second-order valence-corrected chi connectivity index (χ2v) is 6.65. The number of carbonyl (C=O) groups is 2. The SMILES string of the molecule is C[C@](C#N)(NC(=O)COC(=O)/C=C/c1c(Cl)nc2ccccn12)C1CC1. The first-order chi connectivity index (χ1) is 12.4. The molecule has 1 saturated carbocycles. The summed E-state index contributed by atoms with van der Waals surface area (Å²) >= 11 is 6.07. The summed E-state index contributed by atoms with van der Waals surface area (Å²) in [6, 6.07) is 7.55. The van der Waals surface area contributed by atoms with Gasteiger partial charge in [-0.05, 0) is 43.9 Å². The van der Waals surface area contributed by atoms with Gasteiger partial charge in [0.2, 0.25) is 0 Å². The third kappa shape index (κ3) is 3.86. The quantitative estimate of drug-likeness (QED) is 0.620. The summed E-state index contributed by atoms with van der Waals surface area (Å²) in [6.07, 6.45) is 6.25. The third-order valence-electron chi connectivity index (χ3n) is 4.27. The highest BCUT2D eigenvalue weighted by Crippen LogP contribution is 2.39. The van der Waals surface area contributed by atoms with Gasteiger partial charge >= 0.3 is 5.97 Å². The van der Waals surface area contributed by atoms with E-state index in [-0.39, 0.29) is 11.1 Å². The highest BCUT2D eigenvalue weighted by molar-refractivity contribution is 6.31. The summed E-state index contributed by atoms with van der Waals surface area (Å²) in [5.41, 5.74) is 0.277. The van der Waals surface area contributed by atoms with Crippen molar-refractivity contribution in [3.05, 3.63) is 41.3 Å². The van der Waals surface area contributed by atoms with Crippen LogP contribution in [0.1, 0.15) is 25.5 Å². The number of esters is 1. The van der Waals surface area contributed by atoms with Gasteiger partial charge in [0.1, 0.15) is 11.2 Å². The molecule has 1 aliphatic carbocycles. The lowest BCUT2D eigenvalue weighted by atomic mass is 9.98. The molecular formula is C18H17ClN4O3. The van der Waals surface area contributed by atoms with Crippen molar-refractivity contribution in [2.24, 2.45) is 5.92 Å². The molecule has 1 atom stereocenters. The zero-order valence-corrected chi connectivity index (χ0v) is 14.9. The van der Waals surface area contributed by atoms with Crippen molar-refractivity contribution >= 4 is 35.2 Å². The van der Waals surface area contributed by atoms with Crippen LogP contribution >= 0.6 is 11.6 Å². The molecule has 26 heavy (non-hydrogen) atoms. The zero-order chi connectivity index (χ0) is 18.7. The van der Waals surface area contributed by atoms with Crippen molar-refractivity contribution in [3.8, 4) is 6.07 Å². The van der Waals surface area contributed by atoms with Crippen molar-refractivity contribution in [1.82, 2.24) is 14.7 Å². The van der Waals surface area contributed by atoms with E-state index in [9.17, 15) is 14.9 Å². The van der Waals surface area contributed by atoms with Crippen LogP contribution in [0.4, 0.5) is 0 Å². The summed E-state index contributed by atoms with van der Waals surface area (Å²) in [5.74, 6) is -1.04. The topological polar surface area (TPSA) is 96.5 Å². The summed E-state index contributed by atoms with van der Waals surface area (Å²) in [7, 11) is 0. The van der Waals surface area contributed by atoms with E-state index >= 15 is 0 Å². The molecular weight excluding hydrogens is 356 g/mol. The molecule has 0 aliphatic heterocycles. The number of carbonyl (C=O) groups excluding carboxylic acids is 2. The molecule has 3 rings (SSSR count). The molecule has 2 heterocycles. The van der Waals surface area contributed by atoms with Gasteiger partial charge in [-0.2, -0.15) is 5.26 Å². The largest absolute Gasteiger partial charge is 0.452 e. The molecule has 2 aromatic heterocycles. The van der Waals surface area contributed by atoms with Gasteiger partial charge in [-0.3, -0.25) is 9.20 Å². The maximum absolute atomic E-state index is 11.9. The highest BCUT2D eigenvalue weighted by Gasteiger charge is 2.43. The fourth-order valence-corrected chi connectivity index (χ4v) is 2.92. The monoisotopic (exact) mass is 372 g/mol. The second kappa shape index (κ2) is 7.18. The fourth-order valence-electron chi connectivity index (χ4n) is 2.67. The number of ether oxygens (including phenoxy) is 1. The number of hydrogen-bond acceptors (Lipinski definition) is 5. The smallest absolute Gasteiger partial charge is 0.331 e. The van der Waals surface area contributed by atoms with Crippen LogP contribution in [-0.4, -0.2) is 33.4 Å². The van der Waals surface area contributed by atoms with Crippen LogP contribution in [0.25, 0.3) is 11.7 Å². The molecule has 0 radical (unpaired) electrons. The number of nitriles is 1. The van der Waals surface area contributed by atoms with Crippen LogP contribution in [0.5, 0.6) is 0 Å². The van der Waals surface area contributed by atoms with E-state index in [1.54, 1.807) is 23.6 Å². The molecule has 2 aromatic rings. The highest BCUT2D eigenvalue weighted by atomic mass is 35.5. The maximum atomic E-state index is 11.9. The van der Waals surface area contributed by atoms with Gasteiger partial charge in [0.15, 0.2) is 11.8 Å². The Morgan fingerprint density at radius 2 is 2.31 bits per heavy atom. The fraction of sp³-hybridized carbons (Fsp3) is 0.333. The van der Waals surface area contributed by atoms with Crippen LogP contribution in [0, 0.1) is 17.2 Å². The van der Waals surface area contributed by atoms with Crippen molar-refractivity contribution in [2.75, 3.05) is 6.61 Å². The first kappa shape index (κ1) is 18.0. The van der Waals surface area contributed by atoms with E-state index in [4.69, 9.17) is 16.3 Å². The van der Waals surface area contributed by atoms with E-state index in [1.165, 1.54) is 12.2 Å². The number of aromatic nitrogens is 2. The summed E-state index contributed by atoms with van der Waals surface area (Å²) < 4.78 is 6.65. The van der Waals surface area contributed by atoms with Gasteiger partial charge in [-0.25, -0.2) is 9.78 Å². The Morgan fingerprint density at radius 1 is 1.54 bits per heavy atom. The number of hydrogen-bond donors (Lipinski definition) is 1. The Morgan fingerprint density at radius 3 is 3.00 bits per heavy atom. The molecule has 1 fully saturated rings. The maximum Gasteiger partial charge on any atom is 0.331 e. The van der Waals surface area contributed by atoms with E-state index in [0.29, 0.717) is 11.3 Å². The van der Waals surface area contributed by atoms with Gasteiger partial charge in [-0.1, -0.05) is 17.7 Å². The minimum Gasteiger partial charge on any atom is -0.452 e. The van der Waals surface area contributed by atoms with Crippen molar-refractivity contribution in [3.63, 3.8) is 0 Å². The van der Waals surface area contributed by atoms with Crippen molar-refractivity contribution in [1.29, 1.82) is 5.26 Å². The number of nitrogens with one attached hydrogen (secondary N) is 1. The lowest BCUT2D eigenvalue weighted by Crippen LogP contribution is -2.48. The average Bonchev–Trinajstić information content (AvgIpc) is 3.42. The first-order valence-corrected chi connectivity index (χ1v) is 8.50. The normalized spacial score (nSPS) is 16.2. The summed E-state index contributed by atoms with van der Waals surface area (Å²) in [5, 5.41) is 12.1. The number of halogens is 1. The van der Waals surface area contributed by atoms with Crippen LogP contribution < -0.4 is 5.32 Å². The standard InChI is InChI=1S/C18H17ClN4O3/c1-18(11-20,12-5-6-12)22-15(24)10-26-16(25)8-7-13-17(19)21-14-4-2-3-9-23(13)14/h2-4,7-9,12H,5-6,10H2,1H3,(H,22,24)/b8-7+/t18-/m1/s1. The number of nitrogens with zero attached hydrogens (tertiary/aromatic N) is 3. The Labute approximate surface area is 155 Å². The van der Waals surface area contributed by atoms with Gasteiger partial charge < -0.3 is 10.1 Å². The van der Waals surface area contributed by atoms with Gasteiger partial charge in [0.05, 0.1) is 11.8 Å². The van der Waals surface area contributed by atoms with E-state index in [0.717, 1.165) is 12.8 Å². The second-order valence-electron chi connectivity index (χ2n) is 6.29. The number of amides is 1. The minimum absolute atomic E-state index is 0.157. The molecule has 0 saturated heterocycles. The predicted octanol–water partition coefficient (Wildman–Crippen LogP) is 2.35. The molecule has 7 nitrogen and oxygen atoms in total. The van der Waals surface area contributed by atoms with Crippen LogP contribution in [0.3, 0.4) is 0 Å². The average molecular weight is 373 g/mol. The molecule has 1 aliphatic rings. The van der Waals surface area contributed by atoms with Gasteiger partial charge in [0, 0.05) is 12.3 Å².